The molecule has 4 aromatic rings. The van der Waals surface area contributed by atoms with Crippen LogP contribution in [0, 0.1) is 0 Å². The van der Waals surface area contributed by atoms with E-state index in [0.717, 1.165) is 0 Å². The van der Waals surface area contributed by atoms with Crippen molar-refractivity contribution in [3.63, 3.8) is 0 Å². The molecule has 0 atom stereocenters. The molecule has 2 aromatic carbocycles. The maximum absolute atomic E-state index is 13.0. The highest BCUT2D eigenvalue weighted by molar-refractivity contribution is 5.99. The van der Waals surface area contributed by atoms with Crippen LogP contribution < -0.4 is 24.8 Å². The second-order valence-electron chi connectivity index (χ2n) is 10.4. The van der Waals surface area contributed by atoms with Gasteiger partial charge in [-0.15, -0.1) is 0 Å². The third kappa shape index (κ3) is 8.10. The van der Waals surface area contributed by atoms with Crippen LogP contribution in [-0.2, 0) is 26.2 Å². The SMILES string of the molecule is CCOC(=O)Cn1nc(C(C)(C)C)cc1NC(=O)Nc1cccc(Oc2ncnc3cc(OCCOC)c(OC)cc23)c1. The fourth-order valence-corrected chi connectivity index (χ4v) is 3.99. The predicted molar refractivity (Wildman–Crippen MR) is 160 cm³/mol. The molecule has 43 heavy (non-hydrogen) atoms. The van der Waals surface area contributed by atoms with Gasteiger partial charge in [0.15, 0.2) is 11.5 Å². The summed E-state index contributed by atoms with van der Waals surface area (Å²) in [5.41, 5.74) is 1.48. The molecule has 0 unspecified atom stereocenters. The highest BCUT2D eigenvalue weighted by Gasteiger charge is 2.22. The summed E-state index contributed by atoms with van der Waals surface area (Å²) in [6.07, 6.45) is 1.39. The summed E-state index contributed by atoms with van der Waals surface area (Å²) in [5.74, 6) is 1.64. The number of benzene rings is 2. The summed E-state index contributed by atoms with van der Waals surface area (Å²) < 4.78 is 28.9. The number of nitrogens with one attached hydrogen (secondary N) is 2. The first-order valence-corrected chi connectivity index (χ1v) is 13.7. The number of urea groups is 1. The Balaban J connectivity index is 1.51. The summed E-state index contributed by atoms with van der Waals surface area (Å²) in [5, 5.41) is 10.7. The minimum absolute atomic E-state index is 0.138. The van der Waals surface area contributed by atoms with Gasteiger partial charge in [-0.25, -0.2) is 19.4 Å². The van der Waals surface area contributed by atoms with Gasteiger partial charge < -0.3 is 29.0 Å². The third-order valence-corrected chi connectivity index (χ3v) is 6.11. The lowest BCUT2D eigenvalue weighted by Crippen LogP contribution is -2.23. The zero-order valence-corrected chi connectivity index (χ0v) is 25.1. The molecule has 0 aliphatic carbocycles. The number of ether oxygens (including phenoxy) is 5. The zero-order chi connectivity index (χ0) is 31.0. The molecule has 0 saturated carbocycles. The molecule has 4 rings (SSSR count). The Bertz CT molecular complexity index is 1580. The van der Waals surface area contributed by atoms with Crippen molar-refractivity contribution in [2.24, 2.45) is 0 Å². The van der Waals surface area contributed by atoms with Crippen molar-refractivity contribution in [1.29, 1.82) is 0 Å². The molecule has 0 aliphatic heterocycles. The molecule has 0 saturated heterocycles. The van der Waals surface area contributed by atoms with Gasteiger partial charge >= 0.3 is 12.0 Å². The van der Waals surface area contributed by atoms with Crippen molar-refractivity contribution >= 4 is 34.4 Å². The van der Waals surface area contributed by atoms with Crippen molar-refractivity contribution in [2.45, 2.75) is 39.7 Å². The van der Waals surface area contributed by atoms with Crippen LogP contribution in [0.25, 0.3) is 10.9 Å². The third-order valence-electron chi connectivity index (χ3n) is 6.11. The molecule has 2 amide bonds. The van der Waals surface area contributed by atoms with Crippen LogP contribution in [0.4, 0.5) is 16.3 Å². The first kappa shape index (κ1) is 31.0. The molecule has 0 bridgehead atoms. The lowest BCUT2D eigenvalue weighted by Gasteiger charge is -2.14. The number of anilines is 2. The van der Waals surface area contributed by atoms with Crippen molar-refractivity contribution in [1.82, 2.24) is 19.7 Å². The average molecular weight is 593 g/mol. The Hall–Kier alpha value is -4.91. The topological polar surface area (TPSA) is 148 Å². The molecule has 13 heteroatoms. The van der Waals surface area contributed by atoms with Crippen molar-refractivity contribution in [3.05, 3.63) is 54.5 Å². The van der Waals surface area contributed by atoms with Gasteiger partial charge in [0.05, 0.1) is 36.9 Å². The first-order chi connectivity index (χ1) is 20.6. The van der Waals surface area contributed by atoms with E-state index in [1.807, 2.05) is 20.8 Å². The number of carbonyl (C=O) groups is 2. The molecule has 0 radical (unpaired) electrons. The number of aromatic nitrogens is 4. The number of hydrogen-bond donors (Lipinski definition) is 2. The van der Waals surface area contributed by atoms with Gasteiger partial charge in [-0.3, -0.25) is 10.1 Å². The van der Waals surface area contributed by atoms with Crippen LogP contribution in [0.1, 0.15) is 33.4 Å². The van der Waals surface area contributed by atoms with Gasteiger partial charge in [0.25, 0.3) is 0 Å². The lowest BCUT2D eigenvalue weighted by molar-refractivity contribution is -0.144. The quantitative estimate of drug-likeness (QED) is 0.167. The van der Waals surface area contributed by atoms with E-state index in [2.05, 4.69) is 25.7 Å². The summed E-state index contributed by atoms with van der Waals surface area (Å²) in [6.45, 7) is 8.59. The minimum Gasteiger partial charge on any atom is -0.493 e. The largest absolute Gasteiger partial charge is 0.493 e. The number of rotatable bonds is 12. The van der Waals surface area contributed by atoms with Crippen molar-refractivity contribution in [3.8, 4) is 23.1 Å². The van der Waals surface area contributed by atoms with E-state index in [0.29, 0.717) is 64.4 Å². The number of amides is 2. The number of fused-ring (bicyclic) bond motifs is 1. The number of methoxy groups -OCH3 is 2. The second-order valence-corrected chi connectivity index (χ2v) is 10.4. The number of esters is 1. The van der Waals surface area contributed by atoms with Gasteiger partial charge in [0.2, 0.25) is 5.88 Å². The Morgan fingerprint density at radius 2 is 1.79 bits per heavy atom. The Morgan fingerprint density at radius 3 is 2.51 bits per heavy atom. The Labute approximate surface area is 249 Å². The maximum atomic E-state index is 13.0. The smallest absolute Gasteiger partial charge is 0.327 e. The monoisotopic (exact) mass is 592 g/mol. The van der Waals surface area contributed by atoms with Crippen LogP contribution in [-0.4, -0.2) is 65.8 Å². The van der Waals surface area contributed by atoms with Crippen LogP contribution in [0.3, 0.4) is 0 Å². The fraction of sp³-hybridized carbons (Fsp3) is 0.367. The normalized spacial score (nSPS) is 11.2. The van der Waals surface area contributed by atoms with Crippen molar-refractivity contribution < 1.29 is 33.3 Å². The summed E-state index contributed by atoms with van der Waals surface area (Å²) in [6, 6.07) is 11.5. The van der Waals surface area contributed by atoms with Gasteiger partial charge in [-0.2, -0.15) is 5.10 Å². The molecule has 2 aromatic heterocycles. The summed E-state index contributed by atoms with van der Waals surface area (Å²) in [4.78, 5) is 33.7. The predicted octanol–water partition coefficient (Wildman–Crippen LogP) is 5.16. The van der Waals surface area contributed by atoms with E-state index >= 15 is 0 Å². The Morgan fingerprint density at radius 1 is 0.977 bits per heavy atom. The van der Waals surface area contributed by atoms with E-state index < -0.39 is 12.0 Å². The van der Waals surface area contributed by atoms with Crippen LogP contribution in [0.15, 0.2) is 48.8 Å². The molecule has 2 N–H and O–H groups in total. The highest BCUT2D eigenvalue weighted by atomic mass is 16.5. The van der Waals surface area contributed by atoms with Gasteiger partial charge in [-0.1, -0.05) is 26.8 Å². The zero-order valence-electron chi connectivity index (χ0n) is 25.1. The van der Waals surface area contributed by atoms with Crippen LogP contribution in [0.5, 0.6) is 23.1 Å². The minimum atomic E-state index is -0.527. The molecule has 2 heterocycles. The van der Waals surface area contributed by atoms with E-state index in [1.165, 1.54) is 11.0 Å². The molecule has 0 aliphatic rings. The molecule has 0 fully saturated rings. The Kier molecular flexibility index (Phi) is 9.99. The highest BCUT2D eigenvalue weighted by Crippen LogP contribution is 2.36. The van der Waals surface area contributed by atoms with Gasteiger partial charge in [0.1, 0.15) is 31.0 Å². The number of carbonyl (C=O) groups excluding carboxylic acids is 2. The maximum Gasteiger partial charge on any atom is 0.327 e. The molecular formula is C30H36N6O7. The molecular weight excluding hydrogens is 556 g/mol. The van der Waals surface area contributed by atoms with Crippen LogP contribution in [0.2, 0.25) is 0 Å². The summed E-state index contributed by atoms with van der Waals surface area (Å²) >= 11 is 0. The number of nitrogens with zero attached hydrogens (tertiary/aromatic N) is 4. The second kappa shape index (κ2) is 13.8. The van der Waals surface area contributed by atoms with Gasteiger partial charge in [-0.05, 0) is 25.1 Å². The van der Waals surface area contributed by atoms with E-state index in [4.69, 9.17) is 23.7 Å². The molecule has 0 spiro atoms. The average Bonchev–Trinajstić information content (AvgIpc) is 3.35. The summed E-state index contributed by atoms with van der Waals surface area (Å²) in [7, 11) is 3.14. The van der Waals surface area contributed by atoms with E-state index in [-0.39, 0.29) is 18.6 Å². The first-order valence-electron chi connectivity index (χ1n) is 13.7. The molecule has 13 nitrogen and oxygen atoms in total. The van der Waals surface area contributed by atoms with Crippen LogP contribution >= 0.6 is 0 Å². The van der Waals surface area contributed by atoms with E-state index in [9.17, 15) is 9.59 Å². The standard InChI is InChI=1S/C30H36N6O7/c1-7-41-27(37)17-36-26(16-25(35-36)30(2,3)4)34-29(38)33-19-9-8-10-20(13-19)43-28-21-14-23(40-6)24(42-12-11-39-5)15-22(21)31-18-32-28/h8-10,13-16,18H,7,11-12,17H2,1-6H3,(H2,33,34,38). The fourth-order valence-electron chi connectivity index (χ4n) is 3.99. The number of hydrogen-bond acceptors (Lipinski definition) is 10. The van der Waals surface area contributed by atoms with E-state index in [1.54, 1.807) is 63.6 Å². The molecule has 228 valence electrons. The lowest BCUT2D eigenvalue weighted by atomic mass is 9.92. The van der Waals surface area contributed by atoms with Gasteiger partial charge in [0, 0.05) is 36.4 Å². The van der Waals surface area contributed by atoms with Crippen molar-refractivity contribution in [2.75, 3.05) is 44.7 Å².